The van der Waals surface area contributed by atoms with E-state index in [1.807, 2.05) is 6.92 Å². The van der Waals surface area contributed by atoms with Gasteiger partial charge in [-0.1, -0.05) is 11.6 Å². The summed E-state index contributed by atoms with van der Waals surface area (Å²) in [5.74, 6) is 0.304. The Hall–Kier alpha value is -1.99. The second-order valence-electron chi connectivity index (χ2n) is 5.54. The van der Waals surface area contributed by atoms with Gasteiger partial charge in [-0.3, -0.25) is 9.59 Å². The standard InChI is InChI=1S/C15H18ClN3O4/c1-9-7-19(2-3-22-9)15(21)6-17-11-5-13-12(4-10(11)16)18-14(20)8-23-13/h4-5,9,17H,2-3,6-8H2,1H3,(H,18,20)/t9-/m1/s1. The van der Waals surface area contributed by atoms with E-state index in [4.69, 9.17) is 21.1 Å². The lowest BCUT2D eigenvalue weighted by molar-refractivity contribution is -0.136. The number of benzene rings is 1. The molecule has 1 saturated heterocycles. The molecule has 1 aromatic rings. The fourth-order valence-electron chi connectivity index (χ4n) is 2.56. The number of anilines is 2. The first-order chi connectivity index (χ1) is 11.0. The Morgan fingerprint density at radius 1 is 1.52 bits per heavy atom. The van der Waals surface area contributed by atoms with Gasteiger partial charge in [0.15, 0.2) is 6.61 Å². The van der Waals surface area contributed by atoms with Crippen LogP contribution in [0.25, 0.3) is 0 Å². The first kappa shape index (κ1) is 15.9. The van der Waals surface area contributed by atoms with Crippen molar-refractivity contribution >= 4 is 34.8 Å². The smallest absolute Gasteiger partial charge is 0.262 e. The van der Waals surface area contributed by atoms with Crippen LogP contribution in [0.3, 0.4) is 0 Å². The molecule has 2 aliphatic rings. The molecule has 8 heteroatoms. The first-order valence-electron chi connectivity index (χ1n) is 7.42. The molecule has 7 nitrogen and oxygen atoms in total. The lowest BCUT2D eigenvalue weighted by Gasteiger charge is -2.31. The number of morpholine rings is 1. The van der Waals surface area contributed by atoms with Gasteiger partial charge in [0.25, 0.3) is 5.91 Å². The largest absolute Gasteiger partial charge is 0.482 e. The van der Waals surface area contributed by atoms with Gasteiger partial charge in [-0.2, -0.15) is 0 Å². The van der Waals surface area contributed by atoms with Crippen LogP contribution < -0.4 is 15.4 Å². The van der Waals surface area contributed by atoms with Gasteiger partial charge in [-0.25, -0.2) is 0 Å². The highest BCUT2D eigenvalue weighted by Gasteiger charge is 2.22. The van der Waals surface area contributed by atoms with Crippen molar-refractivity contribution in [3.63, 3.8) is 0 Å². The molecule has 0 unspecified atom stereocenters. The van der Waals surface area contributed by atoms with Crippen molar-refractivity contribution in [3.05, 3.63) is 17.2 Å². The van der Waals surface area contributed by atoms with Crippen molar-refractivity contribution in [3.8, 4) is 5.75 Å². The monoisotopic (exact) mass is 339 g/mol. The Morgan fingerprint density at radius 2 is 2.35 bits per heavy atom. The number of nitrogens with one attached hydrogen (secondary N) is 2. The SMILES string of the molecule is C[C@@H]1CN(C(=O)CNc2cc3c(cc2Cl)NC(=O)CO3)CCO1. The van der Waals surface area contributed by atoms with Crippen LogP contribution in [-0.2, 0) is 14.3 Å². The Morgan fingerprint density at radius 3 is 3.13 bits per heavy atom. The van der Waals surface area contributed by atoms with Crippen molar-refractivity contribution in [1.82, 2.24) is 4.90 Å². The number of nitrogens with zero attached hydrogens (tertiary/aromatic N) is 1. The van der Waals surface area contributed by atoms with E-state index in [0.717, 1.165) is 0 Å². The van der Waals surface area contributed by atoms with Gasteiger partial charge in [-0.05, 0) is 13.0 Å². The van der Waals surface area contributed by atoms with E-state index >= 15 is 0 Å². The van der Waals surface area contributed by atoms with Crippen LogP contribution in [0.15, 0.2) is 12.1 Å². The molecule has 2 N–H and O–H groups in total. The molecule has 23 heavy (non-hydrogen) atoms. The van der Waals surface area contributed by atoms with Crippen LogP contribution in [0.4, 0.5) is 11.4 Å². The summed E-state index contributed by atoms with van der Waals surface area (Å²) >= 11 is 6.19. The summed E-state index contributed by atoms with van der Waals surface area (Å²) in [6.45, 7) is 3.79. The van der Waals surface area contributed by atoms with Crippen LogP contribution in [0.2, 0.25) is 5.02 Å². The topological polar surface area (TPSA) is 79.9 Å². The van der Waals surface area contributed by atoms with Gasteiger partial charge >= 0.3 is 0 Å². The average molecular weight is 340 g/mol. The fraction of sp³-hybridized carbons (Fsp3) is 0.467. The molecular formula is C15H18ClN3O4. The minimum atomic E-state index is -0.217. The number of rotatable bonds is 3. The molecule has 3 rings (SSSR count). The normalized spacial score (nSPS) is 20.3. The van der Waals surface area contributed by atoms with E-state index in [9.17, 15) is 9.59 Å². The molecular weight excluding hydrogens is 322 g/mol. The average Bonchev–Trinajstić information content (AvgIpc) is 2.52. The van der Waals surface area contributed by atoms with E-state index in [1.165, 1.54) is 0 Å². The molecule has 2 heterocycles. The number of carbonyl (C=O) groups is 2. The minimum Gasteiger partial charge on any atom is -0.482 e. The second kappa shape index (κ2) is 6.64. The molecule has 0 bridgehead atoms. The fourth-order valence-corrected chi connectivity index (χ4v) is 2.79. The molecule has 1 fully saturated rings. The van der Waals surface area contributed by atoms with Crippen molar-refractivity contribution in [1.29, 1.82) is 0 Å². The minimum absolute atomic E-state index is 0.0110. The Bertz CT molecular complexity index is 637. The Labute approximate surface area is 138 Å². The van der Waals surface area contributed by atoms with E-state index in [-0.39, 0.29) is 31.1 Å². The zero-order valence-corrected chi connectivity index (χ0v) is 13.5. The highest BCUT2D eigenvalue weighted by atomic mass is 35.5. The molecule has 124 valence electrons. The molecule has 0 aliphatic carbocycles. The quantitative estimate of drug-likeness (QED) is 0.868. The van der Waals surface area contributed by atoms with Crippen LogP contribution in [-0.4, -0.2) is 55.7 Å². The van der Waals surface area contributed by atoms with Crippen molar-refractivity contribution in [2.75, 3.05) is 43.5 Å². The molecule has 1 aromatic carbocycles. The van der Waals surface area contributed by atoms with E-state index in [1.54, 1.807) is 17.0 Å². The van der Waals surface area contributed by atoms with E-state index in [0.29, 0.717) is 41.8 Å². The predicted molar refractivity (Wildman–Crippen MR) is 86.1 cm³/mol. The third-order valence-corrected chi connectivity index (χ3v) is 4.04. The molecule has 2 amide bonds. The summed E-state index contributed by atoms with van der Waals surface area (Å²) < 4.78 is 10.8. The van der Waals surface area contributed by atoms with Gasteiger partial charge in [0.2, 0.25) is 5.91 Å². The van der Waals surface area contributed by atoms with E-state index in [2.05, 4.69) is 10.6 Å². The van der Waals surface area contributed by atoms with Gasteiger partial charge in [0, 0.05) is 19.2 Å². The van der Waals surface area contributed by atoms with Crippen molar-refractivity contribution in [2.24, 2.45) is 0 Å². The summed E-state index contributed by atoms with van der Waals surface area (Å²) in [5, 5.41) is 6.13. The number of hydrogen-bond donors (Lipinski definition) is 2. The maximum absolute atomic E-state index is 12.2. The maximum atomic E-state index is 12.2. The number of amides is 2. The third kappa shape index (κ3) is 3.68. The number of hydrogen-bond acceptors (Lipinski definition) is 5. The number of halogens is 1. The van der Waals surface area contributed by atoms with Crippen LogP contribution >= 0.6 is 11.6 Å². The van der Waals surface area contributed by atoms with Gasteiger partial charge in [0.1, 0.15) is 5.75 Å². The zero-order chi connectivity index (χ0) is 16.4. The molecule has 1 atom stereocenters. The van der Waals surface area contributed by atoms with Crippen LogP contribution in [0.1, 0.15) is 6.92 Å². The lowest BCUT2D eigenvalue weighted by atomic mass is 10.2. The first-order valence-corrected chi connectivity index (χ1v) is 7.80. The Kier molecular flexibility index (Phi) is 4.58. The summed E-state index contributed by atoms with van der Waals surface area (Å²) in [6, 6.07) is 3.30. The van der Waals surface area contributed by atoms with Gasteiger partial charge in [-0.15, -0.1) is 0 Å². The molecule has 0 saturated carbocycles. The highest BCUT2D eigenvalue weighted by Crippen LogP contribution is 2.36. The number of fused-ring (bicyclic) bond motifs is 1. The lowest BCUT2D eigenvalue weighted by Crippen LogP contribution is -2.46. The summed E-state index contributed by atoms with van der Waals surface area (Å²) in [7, 11) is 0. The summed E-state index contributed by atoms with van der Waals surface area (Å²) in [6.07, 6.45) is 0.0528. The predicted octanol–water partition coefficient (Wildman–Crippen LogP) is 1.33. The number of carbonyl (C=O) groups excluding carboxylic acids is 2. The molecule has 0 radical (unpaired) electrons. The van der Waals surface area contributed by atoms with Gasteiger partial charge < -0.3 is 25.0 Å². The summed E-state index contributed by atoms with van der Waals surface area (Å²) in [4.78, 5) is 25.3. The molecule has 0 aromatic heterocycles. The number of ether oxygens (including phenoxy) is 2. The summed E-state index contributed by atoms with van der Waals surface area (Å²) in [5.41, 5.74) is 1.13. The van der Waals surface area contributed by atoms with Crippen LogP contribution in [0, 0.1) is 0 Å². The molecule has 2 aliphatic heterocycles. The van der Waals surface area contributed by atoms with Crippen LogP contribution in [0.5, 0.6) is 5.75 Å². The maximum Gasteiger partial charge on any atom is 0.262 e. The Balaban J connectivity index is 1.64. The van der Waals surface area contributed by atoms with E-state index < -0.39 is 0 Å². The van der Waals surface area contributed by atoms with Crippen molar-refractivity contribution in [2.45, 2.75) is 13.0 Å². The van der Waals surface area contributed by atoms with Crippen molar-refractivity contribution < 1.29 is 19.1 Å². The van der Waals surface area contributed by atoms with Gasteiger partial charge in [0.05, 0.1) is 35.7 Å². The third-order valence-electron chi connectivity index (χ3n) is 3.73. The zero-order valence-electron chi connectivity index (χ0n) is 12.7. The molecule has 0 spiro atoms. The second-order valence-corrected chi connectivity index (χ2v) is 5.95. The highest BCUT2D eigenvalue weighted by molar-refractivity contribution is 6.33.